The predicted octanol–water partition coefficient (Wildman–Crippen LogP) is 0.435. The van der Waals surface area contributed by atoms with Crippen molar-refractivity contribution in [1.29, 1.82) is 5.26 Å². The summed E-state index contributed by atoms with van der Waals surface area (Å²) >= 11 is 0. The smallest absolute Gasteiger partial charge is 0.0991 e. The Morgan fingerprint density at radius 3 is 2.86 bits per heavy atom. The zero-order chi connectivity index (χ0) is 10.0. The van der Waals surface area contributed by atoms with Gasteiger partial charge in [-0.1, -0.05) is 12.1 Å². The Morgan fingerprint density at radius 1 is 1.50 bits per heavy atom. The lowest BCUT2D eigenvalue weighted by molar-refractivity contribution is -0.00901. The van der Waals surface area contributed by atoms with E-state index < -0.39 is 5.60 Å². The number of nitrogens with zero attached hydrogens (tertiary/aromatic N) is 1. The number of nitrogens with one attached hydrogen (secondary N) is 1. The van der Waals surface area contributed by atoms with E-state index in [0.29, 0.717) is 25.1 Å². The molecule has 0 spiro atoms. The van der Waals surface area contributed by atoms with Crippen LogP contribution in [0, 0.1) is 11.3 Å². The van der Waals surface area contributed by atoms with E-state index in [1.54, 1.807) is 6.07 Å². The molecule has 0 unspecified atom stereocenters. The summed E-state index contributed by atoms with van der Waals surface area (Å²) in [6.45, 7) is 1.29. The molecule has 14 heavy (non-hydrogen) atoms. The van der Waals surface area contributed by atoms with Crippen molar-refractivity contribution in [1.82, 2.24) is 5.32 Å². The highest BCUT2D eigenvalue weighted by Gasteiger charge is 2.34. The van der Waals surface area contributed by atoms with Gasteiger partial charge in [0.05, 0.1) is 17.2 Å². The fourth-order valence-electron chi connectivity index (χ4n) is 1.67. The highest BCUT2D eigenvalue weighted by atomic mass is 16.3. The average molecular weight is 188 g/mol. The van der Waals surface area contributed by atoms with Gasteiger partial charge in [-0.2, -0.15) is 5.26 Å². The predicted molar refractivity (Wildman–Crippen MR) is 52.7 cm³/mol. The summed E-state index contributed by atoms with van der Waals surface area (Å²) in [6.07, 6.45) is 0.621. The van der Waals surface area contributed by atoms with E-state index in [9.17, 15) is 5.11 Å². The van der Waals surface area contributed by atoms with Gasteiger partial charge in [0.1, 0.15) is 0 Å². The van der Waals surface area contributed by atoms with Gasteiger partial charge < -0.3 is 10.4 Å². The number of hydrogen-bond donors (Lipinski definition) is 2. The van der Waals surface area contributed by atoms with Crippen molar-refractivity contribution in [2.45, 2.75) is 12.0 Å². The van der Waals surface area contributed by atoms with Crippen molar-refractivity contribution in [3.05, 3.63) is 35.4 Å². The van der Waals surface area contributed by atoms with Crippen LogP contribution >= 0.6 is 0 Å². The van der Waals surface area contributed by atoms with E-state index >= 15 is 0 Å². The Kier molecular flexibility index (Phi) is 2.24. The van der Waals surface area contributed by atoms with Crippen molar-refractivity contribution in [2.24, 2.45) is 0 Å². The molecule has 1 aliphatic rings. The Balaban J connectivity index is 2.13. The van der Waals surface area contributed by atoms with E-state index in [0.717, 1.165) is 5.56 Å². The van der Waals surface area contributed by atoms with Crippen LogP contribution in [0.3, 0.4) is 0 Å². The summed E-state index contributed by atoms with van der Waals surface area (Å²) in [6, 6.07) is 9.48. The summed E-state index contributed by atoms with van der Waals surface area (Å²) in [5, 5.41) is 21.6. The third kappa shape index (κ3) is 1.77. The van der Waals surface area contributed by atoms with Crippen LogP contribution in [0.5, 0.6) is 0 Å². The largest absolute Gasteiger partial charge is 0.387 e. The maximum atomic E-state index is 9.88. The molecule has 0 aliphatic carbocycles. The monoisotopic (exact) mass is 188 g/mol. The molecule has 0 amide bonds. The number of nitriles is 1. The lowest BCUT2D eigenvalue weighted by Gasteiger charge is -2.37. The first-order valence-corrected chi connectivity index (χ1v) is 4.64. The molecule has 1 aliphatic heterocycles. The molecule has 0 aromatic heterocycles. The molecule has 1 fully saturated rings. The number of rotatable bonds is 2. The van der Waals surface area contributed by atoms with Gasteiger partial charge in [0.2, 0.25) is 0 Å². The molecule has 1 aromatic carbocycles. The lowest BCUT2D eigenvalue weighted by Crippen LogP contribution is -2.60. The molecular formula is C11H12N2O. The third-order valence-corrected chi connectivity index (χ3v) is 2.50. The van der Waals surface area contributed by atoms with Crippen LogP contribution in [-0.4, -0.2) is 23.8 Å². The van der Waals surface area contributed by atoms with Gasteiger partial charge in [0.25, 0.3) is 0 Å². The molecule has 0 bridgehead atoms. The highest BCUT2D eigenvalue weighted by Crippen LogP contribution is 2.18. The summed E-state index contributed by atoms with van der Waals surface area (Å²) in [4.78, 5) is 0. The molecule has 2 N–H and O–H groups in total. The minimum absolute atomic E-state index is 0.603. The quantitative estimate of drug-likeness (QED) is 0.708. The van der Waals surface area contributed by atoms with Gasteiger partial charge in [0, 0.05) is 19.5 Å². The number of hydrogen-bond acceptors (Lipinski definition) is 3. The average Bonchev–Trinajstić information content (AvgIpc) is 2.16. The van der Waals surface area contributed by atoms with Crippen LogP contribution < -0.4 is 5.32 Å². The van der Waals surface area contributed by atoms with Crippen LogP contribution in [0.25, 0.3) is 0 Å². The van der Waals surface area contributed by atoms with Gasteiger partial charge in [-0.05, 0) is 17.7 Å². The summed E-state index contributed by atoms with van der Waals surface area (Å²) < 4.78 is 0. The Labute approximate surface area is 83.0 Å². The van der Waals surface area contributed by atoms with E-state index in [1.807, 2.05) is 18.2 Å². The van der Waals surface area contributed by atoms with Crippen molar-refractivity contribution in [3.63, 3.8) is 0 Å². The van der Waals surface area contributed by atoms with E-state index in [1.165, 1.54) is 0 Å². The second kappa shape index (κ2) is 3.41. The molecule has 72 valence electrons. The molecule has 0 atom stereocenters. The van der Waals surface area contributed by atoms with Gasteiger partial charge in [-0.25, -0.2) is 0 Å². The minimum atomic E-state index is -0.603. The van der Waals surface area contributed by atoms with Gasteiger partial charge in [-0.15, -0.1) is 0 Å². The zero-order valence-electron chi connectivity index (χ0n) is 7.83. The molecule has 0 radical (unpaired) electrons. The van der Waals surface area contributed by atoms with Crippen LogP contribution in [0.2, 0.25) is 0 Å². The number of benzene rings is 1. The van der Waals surface area contributed by atoms with E-state index in [4.69, 9.17) is 5.26 Å². The molecular weight excluding hydrogens is 176 g/mol. The molecule has 2 rings (SSSR count). The Bertz CT molecular complexity index is 377. The van der Waals surface area contributed by atoms with Gasteiger partial charge in [0.15, 0.2) is 0 Å². The van der Waals surface area contributed by atoms with E-state index in [2.05, 4.69) is 11.4 Å². The SMILES string of the molecule is N#Cc1cccc(CC2(O)CNC2)c1. The summed E-state index contributed by atoms with van der Waals surface area (Å²) in [5.41, 5.74) is 1.07. The maximum Gasteiger partial charge on any atom is 0.0991 e. The van der Waals surface area contributed by atoms with Crippen LogP contribution in [0.4, 0.5) is 0 Å². The summed E-state index contributed by atoms with van der Waals surface area (Å²) in [7, 11) is 0. The zero-order valence-corrected chi connectivity index (χ0v) is 7.83. The second-order valence-corrected chi connectivity index (χ2v) is 3.82. The molecule has 0 saturated carbocycles. The van der Waals surface area contributed by atoms with Crippen molar-refractivity contribution >= 4 is 0 Å². The fraction of sp³-hybridized carbons (Fsp3) is 0.364. The maximum absolute atomic E-state index is 9.88. The second-order valence-electron chi connectivity index (χ2n) is 3.82. The molecule has 3 heteroatoms. The van der Waals surface area contributed by atoms with Crippen LogP contribution in [-0.2, 0) is 6.42 Å². The van der Waals surface area contributed by atoms with E-state index in [-0.39, 0.29) is 0 Å². The molecule has 1 aromatic rings. The molecule has 1 heterocycles. The standard InChI is InChI=1S/C11H12N2O/c12-6-10-3-1-2-9(4-10)5-11(14)7-13-8-11/h1-4,13-14H,5,7-8H2. The van der Waals surface area contributed by atoms with Crippen molar-refractivity contribution in [2.75, 3.05) is 13.1 Å². The van der Waals surface area contributed by atoms with Crippen LogP contribution in [0.1, 0.15) is 11.1 Å². The lowest BCUT2D eigenvalue weighted by atomic mass is 9.89. The Hall–Kier alpha value is -1.37. The van der Waals surface area contributed by atoms with Crippen molar-refractivity contribution < 1.29 is 5.11 Å². The first-order chi connectivity index (χ1) is 6.72. The normalized spacial score (nSPS) is 18.3. The molecule has 3 nitrogen and oxygen atoms in total. The first-order valence-electron chi connectivity index (χ1n) is 4.64. The Morgan fingerprint density at radius 2 is 2.29 bits per heavy atom. The highest BCUT2D eigenvalue weighted by molar-refractivity contribution is 5.33. The minimum Gasteiger partial charge on any atom is -0.387 e. The first kappa shape index (κ1) is 9.20. The third-order valence-electron chi connectivity index (χ3n) is 2.50. The van der Waals surface area contributed by atoms with Crippen LogP contribution in [0.15, 0.2) is 24.3 Å². The summed E-state index contributed by atoms with van der Waals surface area (Å²) in [5.74, 6) is 0. The molecule has 1 saturated heterocycles. The number of aliphatic hydroxyl groups is 1. The van der Waals surface area contributed by atoms with Gasteiger partial charge in [-0.3, -0.25) is 0 Å². The number of β-amino-alcohol motifs (C(OH)–C–C–N with tert-alkyl or cyclic N) is 1. The fourth-order valence-corrected chi connectivity index (χ4v) is 1.67. The topological polar surface area (TPSA) is 56.0 Å². The van der Waals surface area contributed by atoms with Crippen molar-refractivity contribution in [3.8, 4) is 6.07 Å². The van der Waals surface area contributed by atoms with Gasteiger partial charge >= 0.3 is 0 Å².